The molecular formula is C14H23ClO. The predicted molar refractivity (Wildman–Crippen MR) is 66.7 cm³/mol. The molecule has 1 nitrogen and oxygen atoms in total. The second-order valence-corrected chi connectivity index (χ2v) is 6.67. The topological polar surface area (TPSA) is 9.23 Å². The Morgan fingerprint density at radius 2 is 2.19 bits per heavy atom. The van der Waals surface area contributed by atoms with Crippen LogP contribution in [-0.2, 0) is 4.74 Å². The fourth-order valence-electron chi connectivity index (χ4n) is 4.47. The zero-order valence-electron chi connectivity index (χ0n) is 10.3. The van der Waals surface area contributed by atoms with Gasteiger partial charge in [-0.3, -0.25) is 0 Å². The van der Waals surface area contributed by atoms with Crippen molar-refractivity contribution in [3.05, 3.63) is 0 Å². The summed E-state index contributed by atoms with van der Waals surface area (Å²) in [5, 5.41) is 0. The summed E-state index contributed by atoms with van der Waals surface area (Å²) in [6.07, 6.45) is 8.88. The van der Waals surface area contributed by atoms with Crippen molar-refractivity contribution in [2.75, 3.05) is 12.5 Å². The van der Waals surface area contributed by atoms with Crippen LogP contribution in [0.4, 0.5) is 0 Å². The van der Waals surface area contributed by atoms with Gasteiger partial charge in [-0.1, -0.05) is 6.42 Å². The highest BCUT2D eigenvalue weighted by atomic mass is 35.5. The van der Waals surface area contributed by atoms with Gasteiger partial charge in [0.15, 0.2) is 0 Å². The van der Waals surface area contributed by atoms with Gasteiger partial charge in [0.2, 0.25) is 0 Å². The second-order valence-electron chi connectivity index (χ2n) is 6.40. The number of ether oxygens (including phenoxy) is 1. The van der Waals surface area contributed by atoms with Crippen molar-refractivity contribution in [3.63, 3.8) is 0 Å². The Labute approximate surface area is 104 Å². The van der Waals surface area contributed by atoms with Crippen LogP contribution in [0.2, 0.25) is 0 Å². The fourth-order valence-corrected chi connectivity index (χ4v) is 4.93. The first-order chi connectivity index (χ1) is 7.73. The monoisotopic (exact) mass is 242 g/mol. The highest BCUT2D eigenvalue weighted by molar-refractivity contribution is 6.18. The molecule has 2 aliphatic carbocycles. The minimum absolute atomic E-state index is 0.302. The molecule has 16 heavy (non-hydrogen) atoms. The number of alkyl halides is 1. The van der Waals surface area contributed by atoms with E-state index in [1.807, 2.05) is 0 Å². The maximum Gasteiger partial charge on any atom is 0.0615 e. The number of fused-ring (bicyclic) bond motifs is 2. The molecule has 1 saturated heterocycles. The molecule has 0 amide bonds. The highest BCUT2D eigenvalue weighted by Gasteiger charge is 2.47. The molecule has 0 radical (unpaired) electrons. The molecule has 3 rings (SSSR count). The van der Waals surface area contributed by atoms with Crippen molar-refractivity contribution < 1.29 is 4.74 Å². The van der Waals surface area contributed by atoms with Gasteiger partial charge < -0.3 is 4.74 Å². The van der Waals surface area contributed by atoms with Gasteiger partial charge in [-0.15, -0.1) is 11.6 Å². The van der Waals surface area contributed by atoms with Crippen molar-refractivity contribution in [1.82, 2.24) is 0 Å². The molecular weight excluding hydrogens is 220 g/mol. The van der Waals surface area contributed by atoms with Crippen LogP contribution in [-0.4, -0.2) is 18.6 Å². The van der Waals surface area contributed by atoms with Gasteiger partial charge in [0.05, 0.1) is 6.10 Å². The maximum absolute atomic E-state index is 6.26. The third kappa shape index (κ3) is 1.71. The summed E-state index contributed by atoms with van der Waals surface area (Å²) in [7, 11) is 0. The molecule has 3 fully saturated rings. The van der Waals surface area contributed by atoms with Crippen LogP contribution in [0.15, 0.2) is 0 Å². The lowest BCUT2D eigenvalue weighted by molar-refractivity contribution is 0.0550. The zero-order valence-corrected chi connectivity index (χ0v) is 11.0. The standard InChI is InChI=1S/C14H23ClO/c1-10-14(9-15,4-5-16-10)8-13-7-11-2-3-12(13)6-11/h10-13H,2-9H2,1H3. The van der Waals surface area contributed by atoms with Gasteiger partial charge in [0, 0.05) is 17.9 Å². The molecule has 0 N–H and O–H groups in total. The smallest absolute Gasteiger partial charge is 0.0615 e. The van der Waals surface area contributed by atoms with E-state index in [1.165, 1.54) is 38.5 Å². The zero-order chi connectivity index (χ0) is 11.2. The summed E-state index contributed by atoms with van der Waals surface area (Å²) in [4.78, 5) is 0. The van der Waals surface area contributed by atoms with Crippen molar-refractivity contribution in [1.29, 1.82) is 0 Å². The summed E-state index contributed by atoms with van der Waals surface area (Å²) in [6.45, 7) is 3.15. The first-order valence-corrected chi connectivity index (χ1v) is 7.44. The Bertz CT molecular complexity index is 267. The molecule has 2 bridgehead atoms. The molecule has 2 saturated carbocycles. The van der Waals surface area contributed by atoms with E-state index in [2.05, 4.69) is 6.92 Å². The van der Waals surface area contributed by atoms with Crippen LogP contribution in [0, 0.1) is 23.2 Å². The highest BCUT2D eigenvalue weighted by Crippen LogP contribution is 2.54. The van der Waals surface area contributed by atoms with Crippen molar-refractivity contribution >= 4 is 11.6 Å². The van der Waals surface area contributed by atoms with Gasteiger partial charge in [0.25, 0.3) is 0 Å². The number of rotatable bonds is 3. The minimum atomic E-state index is 0.302. The molecule has 0 aromatic carbocycles. The van der Waals surface area contributed by atoms with Gasteiger partial charge in [-0.05, 0) is 56.8 Å². The molecule has 1 heterocycles. The average Bonchev–Trinajstić information content (AvgIpc) is 2.96. The van der Waals surface area contributed by atoms with Crippen LogP contribution >= 0.6 is 11.6 Å². The Hall–Kier alpha value is 0.250. The predicted octanol–water partition coefficient (Wildman–Crippen LogP) is 3.85. The Balaban J connectivity index is 1.68. The third-order valence-corrected chi connectivity index (χ3v) is 6.18. The molecule has 3 aliphatic rings. The lowest BCUT2D eigenvalue weighted by Gasteiger charge is -2.35. The van der Waals surface area contributed by atoms with E-state index in [1.54, 1.807) is 0 Å². The summed E-state index contributed by atoms with van der Waals surface area (Å²) >= 11 is 6.26. The Kier molecular flexibility index (Phi) is 2.96. The molecule has 1 aliphatic heterocycles. The molecule has 5 unspecified atom stereocenters. The summed E-state index contributed by atoms with van der Waals surface area (Å²) in [6, 6.07) is 0. The normalized spacial score (nSPS) is 51.4. The minimum Gasteiger partial charge on any atom is -0.378 e. The molecule has 0 aromatic heterocycles. The Morgan fingerprint density at radius 1 is 1.31 bits per heavy atom. The van der Waals surface area contributed by atoms with E-state index in [4.69, 9.17) is 16.3 Å². The summed E-state index contributed by atoms with van der Waals surface area (Å²) < 4.78 is 5.77. The Morgan fingerprint density at radius 3 is 2.69 bits per heavy atom. The first kappa shape index (κ1) is 11.3. The van der Waals surface area contributed by atoms with Crippen LogP contribution in [0.1, 0.15) is 45.4 Å². The first-order valence-electron chi connectivity index (χ1n) is 6.91. The van der Waals surface area contributed by atoms with Crippen molar-refractivity contribution in [2.45, 2.75) is 51.6 Å². The van der Waals surface area contributed by atoms with Gasteiger partial charge in [-0.25, -0.2) is 0 Å². The van der Waals surface area contributed by atoms with E-state index >= 15 is 0 Å². The van der Waals surface area contributed by atoms with Crippen molar-refractivity contribution in [3.8, 4) is 0 Å². The molecule has 0 spiro atoms. The van der Waals surface area contributed by atoms with E-state index in [-0.39, 0.29) is 0 Å². The molecule has 2 heteroatoms. The van der Waals surface area contributed by atoms with E-state index < -0.39 is 0 Å². The molecule has 0 aromatic rings. The van der Waals surface area contributed by atoms with Crippen LogP contribution in [0.3, 0.4) is 0 Å². The number of hydrogen-bond donors (Lipinski definition) is 0. The molecule has 5 atom stereocenters. The van der Waals surface area contributed by atoms with Crippen LogP contribution in [0.5, 0.6) is 0 Å². The molecule has 92 valence electrons. The maximum atomic E-state index is 6.26. The quantitative estimate of drug-likeness (QED) is 0.684. The lowest BCUT2D eigenvalue weighted by atomic mass is 9.72. The lowest BCUT2D eigenvalue weighted by Crippen LogP contribution is -2.34. The van der Waals surface area contributed by atoms with Crippen molar-refractivity contribution in [2.24, 2.45) is 23.2 Å². The number of halogens is 1. The SMILES string of the molecule is CC1OCCC1(CCl)CC1CC2CCC1C2. The second kappa shape index (κ2) is 4.17. The summed E-state index contributed by atoms with van der Waals surface area (Å²) in [5.74, 6) is 3.83. The van der Waals surface area contributed by atoms with E-state index in [0.29, 0.717) is 11.5 Å². The average molecular weight is 243 g/mol. The third-order valence-electron chi connectivity index (χ3n) is 5.65. The fraction of sp³-hybridized carbons (Fsp3) is 1.00. The largest absolute Gasteiger partial charge is 0.378 e. The summed E-state index contributed by atoms with van der Waals surface area (Å²) in [5.41, 5.74) is 0.302. The van der Waals surface area contributed by atoms with Crippen LogP contribution < -0.4 is 0 Å². The number of hydrogen-bond acceptors (Lipinski definition) is 1. The van der Waals surface area contributed by atoms with E-state index in [9.17, 15) is 0 Å². The van der Waals surface area contributed by atoms with Gasteiger partial charge >= 0.3 is 0 Å². The van der Waals surface area contributed by atoms with Crippen LogP contribution in [0.25, 0.3) is 0 Å². The van der Waals surface area contributed by atoms with Gasteiger partial charge in [0.1, 0.15) is 0 Å². The van der Waals surface area contributed by atoms with E-state index in [0.717, 1.165) is 30.2 Å². The van der Waals surface area contributed by atoms with Gasteiger partial charge in [-0.2, -0.15) is 0 Å².